The molecule has 0 radical (unpaired) electrons. The van der Waals surface area contributed by atoms with Gasteiger partial charge in [0.15, 0.2) is 0 Å². The van der Waals surface area contributed by atoms with Crippen LogP contribution in [-0.2, 0) is 11.2 Å². The van der Waals surface area contributed by atoms with E-state index in [1.807, 2.05) is 53.4 Å². The number of hydrogen-bond acceptors (Lipinski definition) is 2. The number of likely N-dealkylation sites (tertiary alicyclic amines) is 1. The Morgan fingerprint density at radius 2 is 1.48 bits per heavy atom. The smallest absolute Gasteiger partial charge is 0.253 e. The van der Waals surface area contributed by atoms with Gasteiger partial charge in [0.05, 0.1) is 6.42 Å². The molecule has 2 aliphatic rings. The standard InChI is InChI=1S/C23H26N2O2/c24-21(26)15-17-3-5-18(6-4-17)19-7-9-20(10-8-19)22(27)25-14-13-23(16-25)11-1-2-12-23/h3-10H,1-2,11-16H2,(H2,24,26). The molecule has 0 aromatic heterocycles. The summed E-state index contributed by atoms with van der Waals surface area (Å²) in [4.78, 5) is 25.9. The van der Waals surface area contributed by atoms with E-state index in [2.05, 4.69) is 0 Å². The van der Waals surface area contributed by atoms with Crippen molar-refractivity contribution in [2.75, 3.05) is 13.1 Å². The largest absolute Gasteiger partial charge is 0.369 e. The van der Waals surface area contributed by atoms with Crippen LogP contribution in [0.2, 0.25) is 0 Å². The Kier molecular flexibility index (Phi) is 4.73. The van der Waals surface area contributed by atoms with Crippen LogP contribution in [0.5, 0.6) is 0 Å². The first-order valence-electron chi connectivity index (χ1n) is 9.82. The van der Waals surface area contributed by atoms with Gasteiger partial charge in [-0.1, -0.05) is 49.2 Å². The highest BCUT2D eigenvalue weighted by atomic mass is 16.2. The number of primary amides is 1. The SMILES string of the molecule is NC(=O)Cc1ccc(-c2ccc(C(=O)N3CCC4(CCCC4)C3)cc2)cc1. The minimum atomic E-state index is -0.327. The lowest BCUT2D eigenvalue weighted by atomic mass is 9.86. The van der Waals surface area contributed by atoms with Crippen LogP contribution in [-0.4, -0.2) is 29.8 Å². The number of hydrogen-bond donors (Lipinski definition) is 1. The van der Waals surface area contributed by atoms with Crippen LogP contribution in [0.4, 0.5) is 0 Å². The number of carbonyl (C=O) groups is 2. The lowest BCUT2D eigenvalue weighted by molar-refractivity contribution is -0.117. The fourth-order valence-corrected chi connectivity index (χ4v) is 4.65. The second kappa shape index (κ2) is 7.18. The van der Waals surface area contributed by atoms with Crippen LogP contribution in [0.25, 0.3) is 11.1 Å². The molecule has 0 unspecified atom stereocenters. The Balaban J connectivity index is 1.44. The molecule has 1 heterocycles. The summed E-state index contributed by atoms with van der Waals surface area (Å²) in [5, 5.41) is 0. The molecular formula is C23H26N2O2. The summed E-state index contributed by atoms with van der Waals surface area (Å²) in [5.74, 6) is -0.172. The molecule has 2 fully saturated rings. The van der Waals surface area contributed by atoms with E-state index < -0.39 is 0 Å². The Hall–Kier alpha value is -2.62. The first-order chi connectivity index (χ1) is 13.0. The predicted molar refractivity (Wildman–Crippen MR) is 106 cm³/mol. The maximum Gasteiger partial charge on any atom is 0.253 e. The second-order valence-electron chi connectivity index (χ2n) is 8.10. The van der Waals surface area contributed by atoms with Crippen molar-refractivity contribution >= 4 is 11.8 Å². The predicted octanol–water partition coefficient (Wildman–Crippen LogP) is 3.79. The molecule has 2 aromatic rings. The van der Waals surface area contributed by atoms with Crippen molar-refractivity contribution in [1.82, 2.24) is 4.90 Å². The Morgan fingerprint density at radius 1 is 0.889 bits per heavy atom. The van der Waals surface area contributed by atoms with E-state index in [9.17, 15) is 9.59 Å². The Morgan fingerprint density at radius 3 is 2.07 bits per heavy atom. The molecule has 1 aliphatic carbocycles. The van der Waals surface area contributed by atoms with E-state index in [0.717, 1.165) is 41.8 Å². The zero-order chi connectivity index (χ0) is 18.9. The molecule has 4 heteroatoms. The van der Waals surface area contributed by atoms with Gasteiger partial charge in [-0.2, -0.15) is 0 Å². The molecule has 27 heavy (non-hydrogen) atoms. The topological polar surface area (TPSA) is 63.4 Å². The molecule has 1 saturated carbocycles. The highest BCUT2D eigenvalue weighted by Crippen LogP contribution is 2.45. The van der Waals surface area contributed by atoms with Gasteiger partial charge in [-0.3, -0.25) is 9.59 Å². The van der Waals surface area contributed by atoms with Crippen molar-refractivity contribution in [3.63, 3.8) is 0 Å². The zero-order valence-electron chi connectivity index (χ0n) is 15.6. The highest BCUT2D eigenvalue weighted by molar-refractivity contribution is 5.95. The van der Waals surface area contributed by atoms with Crippen LogP contribution in [0.3, 0.4) is 0 Å². The Bertz CT molecular complexity index is 834. The van der Waals surface area contributed by atoms with Gasteiger partial charge in [0.2, 0.25) is 5.91 Å². The first kappa shape index (κ1) is 17.8. The van der Waals surface area contributed by atoms with Crippen molar-refractivity contribution in [3.05, 3.63) is 59.7 Å². The molecule has 140 valence electrons. The van der Waals surface area contributed by atoms with Gasteiger partial charge in [0.1, 0.15) is 0 Å². The molecule has 0 atom stereocenters. The van der Waals surface area contributed by atoms with E-state index in [1.54, 1.807) is 0 Å². The third-order valence-electron chi connectivity index (χ3n) is 6.19. The van der Waals surface area contributed by atoms with Gasteiger partial charge in [-0.05, 0) is 53.5 Å². The first-order valence-corrected chi connectivity index (χ1v) is 9.82. The summed E-state index contributed by atoms with van der Waals surface area (Å²) >= 11 is 0. The van der Waals surface area contributed by atoms with Crippen molar-refractivity contribution < 1.29 is 9.59 Å². The maximum atomic E-state index is 12.9. The van der Waals surface area contributed by atoms with Crippen LogP contribution >= 0.6 is 0 Å². The molecule has 2 amide bonds. The summed E-state index contributed by atoms with van der Waals surface area (Å²) < 4.78 is 0. The minimum Gasteiger partial charge on any atom is -0.369 e. The average Bonchev–Trinajstić information content (AvgIpc) is 3.32. The molecule has 0 bridgehead atoms. The van der Waals surface area contributed by atoms with E-state index >= 15 is 0 Å². The van der Waals surface area contributed by atoms with Crippen LogP contribution < -0.4 is 5.73 Å². The van der Waals surface area contributed by atoms with Crippen LogP contribution in [0, 0.1) is 5.41 Å². The molecule has 2 aromatic carbocycles. The molecule has 4 rings (SSSR count). The van der Waals surface area contributed by atoms with Gasteiger partial charge < -0.3 is 10.6 Å². The van der Waals surface area contributed by atoms with Crippen molar-refractivity contribution in [1.29, 1.82) is 0 Å². The van der Waals surface area contributed by atoms with Gasteiger partial charge in [0.25, 0.3) is 5.91 Å². The lowest BCUT2D eigenvalue weighted by Gasteiger charge is -2.23. The van der Waals surface area contributed by atoms with Gasteiger partial charge in [-0.25, -0.2) is 0 Å². The fraction of sp³-hybridized carbons (Fsp3) is 0.391. The summed E-state index contributed by atoms with van der Waals surface area (Å²) in [7, 11) is 0. The molecule has 4 nitrogen and oxygen atoms in total. The van der Waals surface area contributed by atoms with Crippen molar-refractivity contribution in [2.24, 2.45) is 11.1 Å². The van der Waals surface area contributed by atoms with E-state index in [4.69, 9.17) is 5.73 Å². The number of amides is 2. The fourth-order valence-electron chi connectivity index (χ4n) is 4.65. The van der Waals surface area contributed by atoms with Gasteiger partial charge in [-0.15, -0.1) is 0 Å². The molecule has 1 aliphatic heterocycles. The summed E-state index contributed by atoms with van der Waals surface area (Å²) in [5.41, 5.74) is 9.44. The average molecular weight is 362 g/mol. The van der Waals surface area contributed by atoms with Crippen LogP contribution in [0.15, 0.2) is 48.5 Å². The quantitative estimate of drug-likeness (QED) is 0.899. The van der Waals surface area contributed by atoms with Crippen LogP contribution in [0.1, 0.15) is 48.0 Å². The summed E-state index contributed by atoms with van der Waals surface area (Å²) in [6.45, 7) is 1.82. The molecular weight excluding hydrogens is 336 g/mol. The monoisotopic (exact) mass is 362 g/mol. The van der Waals surface area contributed by atoms with Crippen molar-refractivity contribution in [2.45, 2.75) is 38.5 Å². The normalized spacial score (nSPS) is 18.1. The zero-order valence-corrected chi connectivity index (χ0v) is 15.6. The Labute approximate surface area is 160 Å². The maximum absolute atomic E-state index is 12.9. The number of benzene rings is 2. The van der Waals surface area contributed by atoms with E-state index in [1.165, 1.54) is 25.7 Å². The number of nitrogens with two attached hydrogens (primary N) is 1. The third-order valence-corrected chi connectivity index (χ3v) is 6.19. The van der Waals surface area contributed by atoms with Gasteiger partial charge in [0, 0.05) is 18.7 Å². The third kappa shape index (κ3) is 3.75. The summed E-state index contributed by atoms with van der Waals surface area (Å²) in [6.07, 6.45) is 6.60. The molecule has 1 saturated heterocycles. The number of carbonyl (C=O) groups excluding carboxylic acids is 2. The van der Waals surface area contributed by atoms with Gasteiger partial charge >= 0.3 is 0 Å². The summed E-state index contributed by atoms with van der Waals surface area (Å²) in [6, 6.07) is 15.7. The number of rotatable bonds is 4. The van der Waals surface area contributed by atoms with E-state index in [-0.39, 0.29) is 18.2 Å². The lowest BCUT2D eigenvalue weighted by Crippen LogP contribution is -2.31. The second-order valence-corrected chi connectivity index (χ2v) is 8.10. The molecule has 1 spiro atoms. The minimum absolute atomic E-state index is 0.155. The molecule has 2 N–H and O–H groups in total. The highest BCUT2D eigenvalue weighted by Gasteiger charge is 2.41. The number of nitrogens with zero attached hydrogens (tertiary/aromatic N) is 1. The van der Waals surface area contributed by atoms with E-state index in [0.29, 0.717) is 5.41 Å². The van der Waals surface area contributed by atoms with Crippen molar-refractivity contribution in [3.8, 4) is 11.1 Å².